The van der Waals surface area contributed by atoms with Gasteiger partial charge in [0.1, 0.15) is 0 Å². The summed E-state index contributed by atoms with van der Waals surface area (Å²) in [5, 5.41) is 1.13. The van der Waals surface area contributed by atoms with E-state index in [0.717, 1.165) is 22.0 Å². The Labute approximate surface area is 143 Å². The lowest BCUT2D eigenvalue weighted by Gasteiger charge is -2.26. The highest BCUT2D eigenvalue weighted by Gasteiger charge is 2.27. The van der Waals surface area contributed by atoms with Crippen LogP contribution in [-0.2, 0) is 16.4 Å². The number of hydrogen-bond acceptors (Lipinski definition) is 2. The average Bonchev–Trinajstić information content (AvgIpc) is 2.89. The second-order valence-corrected chi connectivity index (χ2v) is 8.52. The number of fused-ring (bicyclic) bond motifs is 1. The molecule has 126 valence electrons. The molecule has 0 aliphatic rings. The minimum Gasteiger partial charge on any atom is -0.361 e. The summed E-state index contributed by atoms with van der Waals surface area (Å²) in [4.78, 5) is 3.54. The van der Waals surface area contributed by atoms with E-state index in [2.05, 4.69) is 9.71 Å². The van der Waals surface area contributed by atoms with Crippen LogP contribution in [0.3, 0.4) is 0 Å². The Balaban J connectivity index is 1.85. The van der Waals surface area contributed by atoms with Crippen molar-refractivity contribution in [1.29, 1.82) is 0 Å². The Hall–Kier alpha value is -2.11. The fraction of sp³-hybridized carbons (Fsp3) is 0.263. The summed E-state index contributed by atoms with van der Waals surface area (Å²) in [6, 6.07) is 15.0. The van der Waals surface area contributed by atoms with Crippen LogP contribution in [0.5, 0.6) is 0 Å². The molecule has 3 rings (SSSR count). The van der Waals surface area contributed by atoms with Crippen molar-refractivity contribution in [2.24, 2.45) is 0 Å². The number of H-pyrrole nitrogens is 1. The molecular weight excluding hydrogens is 320 g/mol. The minimum absolute atomic E-state index is 0.300. The Bertz CT molecular complexity index is 972. The molecule has 0 saturated heterocycles. The van der Waals surface area contributed by atoms with Crippen LogP contribution in [0.15, 0.2) is 59.6 Å². The molecule has 4 nitrogen and oxygen atoms in total. The van der Waals surface area contributed by atoms with E-state index in [4.69, 9.17) is 0 Å². The monoisotopic (exact) mass is 342 g/mol. The fourth-order valence-electron chi connectivity index (χ4n) is 3.00. The molecular formula is C19H22N2O2S. The summed E-state index contributed by atoms with van der Waals surface area (Å²) >= 11 is 0. The maximum Gasteiger partial charge on any atom is 0.241 e. The standard InChI is InChI=1S/C19H22N2O2S/c1-14-7-6-8-16(11-14)24(22,23)21-19(2,3)12-15-13-20-18-10-5-4-9-17(15)18/h4-11,13,20-21H,12H2,1-3H3. The van der Waals surface area contributed by atoms with Crippen LogP contribution in [0.2, 0.25) is 0 Å². The average molecular weight is 342 g/mol. The summed E-state index contributed by atoms with van der Waals surface area (Å²) in [5.74, 6) is 0. The molecule has 0 aliphatic carbocycles. The van der Waals surface area contributed by atoms with E-state index in [-0.39, 0.29) is 0 Å². The zero-order valence-electron chi connectivity index (χ0n) is 14.1. The van der Waals surface area contributed by atoms with Crippen molar-refractivity contribution in [3.63, 3.8) is 0 Å². The lowest BCUT2D eigenvalue weighted by molar-refractivity contribution is 0.451. The van der Waals surface area contributed by atoms with Gasteiger partial charge in [0, 0.05) is 22.6 Å². The first-order valence-electron chi connectivity index (χ1n) is 7.92. The van der Waals surface area contributed by atoms with Crippen molar-refractivity contribution in [2.45, 2.75) is 37.6 Å². The van der Waals surface area contributed by atoms with Gasteiger partial charge in [0.05, 0.1) is 4.90 Å². The molecule has 1 heterocycles. The number of para-hydroxylation sites is 1. The number of nitrogens with one attached hydrogen (secondary N) is 2. The van der Waals surface area contributed by atoms with Crippen molar-refractivity contribution in [1.82, 2.24) is 9.71 Å². The molecule has 0 atom stereocenters. The van der Waals surface area contributed by atoms with Gasteiger partial charge >= 0.3 is 0 Å². The lowest BCUT2D eigenvalue weighted by atomic mass is 9.96. The van der Waals surface area contributed by atoms with Crippen molar-refractivity contribution < 1.29 is 8.42 Å². The smallest absolute Gasteiger partial charge is 0.241 e. The van der Waals surface area contributed by atoms with E-state index in [0.29, 0.717) is 11.3 Å². The summed E-state index contributed by atoms with van der Waals surface area (Å²) in [5.41, 5.74) is 2.48. The van der Waals surface area contributed by atoms with Crippen LogP contribution < -0.4 is 4.72 Å². The third-order valence-corrected chi connectivity index (χ3v) is 5.71. The van der Waals surface area contributed by atoms with E-state index in [1.807, 2.05) is 57.3 Å². The first-order chi connectivity index (χ1) is 11.3. The Morgan fingerprint density at radius 3 is 2.58 bits per heavy atom. The van der Waals surface area contributed by atoms with Crippen molar-refractivity contribution in [3.8, 4) is 0 Å². The summed E-state index contributed by atoms with van der Waals surface area (Å²) in [7, 11) is -3.56. The van der Waals surface area contributed by atoms with Gasteiger partial charge in [-0.3, -0.25) is 0 Å². The number of rotatable bonds is 5. The summed E-state index contributed by atoms with van der Waals surface area (Å²) in [6.07, 6.45) is 2.55. The van der Waals surface area contributed by atoms with Crippen LogP contribution in [0.25, 0.3) is 10.9 Å². The number of aromatic nitrogens is 1. The molecule has 0 fully saturated rings. The molecule has 0 radical (unpaired) electrons. The van der Waals surface area contributed by atoms with E-state index in [1.54, 1.807) is 18.2 Å². The minimum atomic E-state index is -3.56. The van der Waals surface area contributed by atoms with Gasteiger partial charge in [0.2, 0.25) is 10.0 Å². The van der Waals surface area contributed by atoms with Gasteiger partial charge in [0.25, 0.3) is 0 Å². The second-order valence-electron chi connectivity index (χ2n) is 6.84. The molecule has 1 aromatic heterocycles. The fourth-order valence-corrected chi connectivity index (χ4v) is 4.51. The van der Waals surface area contributed by atoms with Crippen molar-refractivity contribution in [2.75, 3.05) is 0 Å². The molecule has 0 unspecified atom stereocenters. The first-order valence-corrected chi connectivity index (χ1v) is 9.41. The van der Waals surface area contributed by atoms with Gasteiger partial charge in [-0.25, -0.2) is 13.1 Å². The maximum absolute atomic E-state index is 12.7. The van der Waals surface area contributed by atoms with Gasteiger partial charge in [-0.15, -0.1) is 0 Å². The van der Waals surface area contributed by atoms with Crippen LogP contribution in [-0.4, -0.2) is 18.9 Å². The van der Waals surface area contributed by atoms with E-state index < -0.39 is 15.6 Å². The van der Waals surface area contributed by atoms with Gasteiger partial charge in [-0.2, -0.15) is 0 Å². The lowest BCUT2D eigenvalue weighted by Crippen LogP contribution is -2.44. The molecule has 24 heavy (non-hydrogen) atoms. The Morgan fingerprint density at radius 1 is 1.08 bits per heavy atom. The van der Waals surface area contributed by atoms with Gasteiger partial charge < -0.3 is 4.98 Å². The maximum atomic E-state index is 12.7. The quantitative estimate of drug-likeness (QED) is 0.741. The van der Waals surface area contributed by atoms with E-state index in [1.165, 1.54) is 0 Å². The molecule has 0 saturated carbocycles. The molecule has 3 aromatic rings. The van der Waals surface area contributed by atoms with Gasteiger partial charge in [-0.1, -0.05) is 30.3 Å². The number of benzene rings is 2. The third-order valence-electron chi connectivity index (χ3n) is 4.02. The zero-order chi connectivity index (χ0) is 17.4. The van der Waals surface area contributed by atoms with Crippen LogP contribution in [0.1, 0.15) is 25.0 Å². The van der Waals surface area contributed by atoms with Crippen LogP contribution >= 0.6 is 0 Å². The molecule has 2 aromatic carbocycles. The second kappa shape index (κ2) is 6.07. The zero-order valence-corrected chi connectivity index (χ0v) is 14.9. The molecule has 2 N–H and O–H groups in total. The van der Waals surface area contributed by atoms with E-state index >= 15 is 0 Å². The van der Waals surface area contributed by atoms with Gasteiger partial charge in [0.15, 0.2) is 0 Å². The Kier molecular flexibility index (Phi) is 4.24. The first kappa shape index (κ1) is 16.7. The summed E-state index contributed by atoms with van der Waals surface area (Å²) in [6.45, 7) is 5.69. The van der Waals surface area contributed by atoms with Crippen molar-refractivity contribution >= 4 is 20.9 Å². The molecule has 0 aliphatic heterocycles. The SMILES string of the molecule is Cc1cccc(S(=O)(=O)NC(C)(C)Cc2c[nH]c3ccccc23)c1. The number of sulfonamides is 1. The Morgan fingerprint density at radius 2 is 1.83 bits per heavy atom. The van der Waals surface area contributed by atoms with Crippen LogP contribution in [0, 0.1) is 6.92 Å². The largest absolute Gasteiger partial charge is 0.361 e. The highest BCUT2D eigenvalue weighted by Crippen LogP contribution is 2.24. The molecule has 5 heteroatoms. The third kappa shape index (κ3) is 3.52. The van der Waals surface area contributed by atoms with Crippen molar-refractivity contribution in [3.05, 3.63) is 65.9 Å². The predicted octanol–water partition coefficient (Wildman–Crippen LogP) is 3.78. The predicted molar refractivity (Wildman–Crippen MR) is 97.6 cm³/mol. The topological polar surface area (TPSA) is 62.0 Å². The van der Waals surface area contributed by atoms with Gasteiger partial charge in [-0.05, 0) is 56.5 Å². The molecule has 0 amide bonds. The highest BCUT2D eigenvalue weighted by atomic mass is 32.2. The van der Waals surface area contributed by atoms with E-state index in [9.17, 15) is 8.42 Å². The normalized spacial score (nSPS) is 12.6. The molecule has 0 spiro atoms. The summed E-state index contributed by atoms with van der Waals surface area (Å²) < 4.78 is 28.2. The highest BCUT2D eigenvalue weighted by molar-refractivity contribution is 7.89. The molecule has 0 bridgehead atoms. The number of hydrogen-bond donors (Lipinski definition) is 2. The number of aromatic amines is 1. The van der Waals surface area contributed by atoms with Crippen LogP contribution in [0.4, 0.5) is 0 Å². The number of aryl methyl sites for hydroxylation is 1.